The average Bonchev–Trinajstić information content (AvgIpc) is 2.96. The zero-order valence-electron chi connectivity index (χ0n) is 9.79. The van der Waals surface area contributed by atoms with E-state index in [9.17, 15) is 9.59 Å². The van der Waals surface area contributed by atoms with Crippen molar-refractivity contribution in [3.63, 3.8) is 0 Å². The van der Waals surface area contributed by atoms with Gasteiger partial charge in [0.15, 0.2) is 0 Å². The van der Waals surface area contributed by atoms with Gasteiger partial charge in [-0.2, -0.15) is 0 Å². The Morgan fingerprint density at radius 1 is 1.24 bits per heavy atom. The Balaban J connectivity index is 0.000000318. The van der Waals surface area contributed by atoms with Crippen LogP contribution < -0.4 is 0 Å². The molecule has 1 aliphatic heterocycles. The smallest absolute Gasteiger partial charge is 0.480 e. The first-order chi connectivity index (χ1) is 7.95. The number of hydrogen-bond acceptors (Lipinski definition) is 6. The van der Waals surface area contributed by atoms with E-state index in [0.717, 1.165) is 6.42 Å². The highest BCUT2D eigenvalue weighted by Gasteiger charge is 2.38. The molecule has 0 unspecified atom stereocenters. The number of carboxylic acid groups (broad SMARTS) is 2. The molecule has 0 bridgehead atoms. The summed E-state index contributed by atoms with van der Waals surface area (Å²) in [4.78, 5) is 29.7. The van der Waals surface area contributed by atoms with Crippen LogP contribution in [0.5, 0.6) is 0 Å². The minimum atomic E-state index is -1.02. The summed E-state index contributed by atoms with van der Waals surface area (Å²) in [7, 11) is 1.09. The second-order valence-corrected chi connectivity index (χ2v) is 3.31. The van der Waals surface area contributed by atoms with E-state index >= 15 is 0 Å². The Hall–Kier alpha value is -1.16. The van der Waals surface area contributed by atoms with Crippen LogP contribution in [0.1, 0.15) is 13.3 Å². The highest BCUT2D eigenvalue weighted by Crippen LogP contribution is 2.06. The van der Waals surface area contributed by atoms with Crippen molar-refractivity contribution in [2.75, 3.05) is 26.7 Å². The van der Waals surface area contributed by atoms with E-state index in [2.05, 4.69) is 9.61 Å². The minimum Gasteiger partial charge on any atom is -0.480 e. The van der Waals surface area contributed by atoms with Crippen LogP contribution in [-0.2, 0) is 23.9 Å². The highest BCUT2D eigenvalue weighted by molar-refractivity contribution is 6.41. The lowest BCUT2D eigenvalue weighted by Crippen LogP contribution is -2.30. The maximum Gasteiger partial charge on any atom is 0.694 e. The van der Waals surface area contributed by atoms with Gasteiger partial charge in [-0.15, -0.1) is 0 Å². The van der Waals surface area contributed by atoms with E-state index in [-0.39, 0.29) is 20.4 Å². The number of carbonyl (C=O) groups is 2. The molecule has 98 valence electrons. The number of nitrogens with zero attached hydrogens (tertiary/aromatic N) is 1. The maximum atomic E-state index is 9.96. The standard InChI is InChI=1S/C5H9NO4.C3H7BO3/c1-6(2-4(7)8)3-5(9)10;1-2-3-5-4-6-7-4/h2-3H2,1H3,(H,7,8)(H,9,10);2-3H2,1H3. The number of likely N-dealkylation sites (N-methyl/N-ethyl adjacent to an activating group) is 1. The Morgan fingerprint density at radius 2 is 1.71 bits per heavy atom. The first-order valence-electron chi connectivity index (χ1n) is 5.01. The zero-order chi connectivity index (χ0) is 13.3. The predicted octanol–water partition coefficient (Wildman–Crippen LogP) is -0.553. The van der Waals surface area contributed by atoms with Crippen molar-refractivity contribution < 1.29 is 34.1 Å². The van der Waals surface area contributed by atoms with E-state index in [1.165, 1.54) is 11.9 Å². The molecule has 1 saturated heterocycles. The third-order valence-corrected chi connectivity index (χ3v) is 1.44. The van der Waals surface area contributed by atoms with Gasteiger partial charge in [-0.25, -0.2) is 9.61 Å². The second kappa shape index (κ2) is 8.94. The molecule has 0 aromatic rings. The summed E-state index contributed by atoms with van der Waals surface area (Å²) in [5, 5.41) is 16.3. The fourth-order valence-electron chi connectivity index (χ4n) is 0.810. The molecular formula is C8H16BNO7. The SMILES string of the molecule is CCCOB1OO1.CN(CC(=O)O)CC(=O)O. The maximum absolute atomic E-state index is 9.96. The number of aliphatic carboxylic acids is 2. The van der Waals surface area contributed by atoms with Gasteiger partial charge in [0.25, 0.3) is 0 Å². The van der Waals surface area contributed by atoms with Gasteiger partial charge in [0, 0.05) is 6.61 Å². The van der Waals surface area contributed by atoms with Crippen LogP contribution in [-0.4, -0.2) is 61.1 Å². The van der Waals surface area contributed by atoms with Crippen LogP contribution >= 0.6 is 0 Å². The van der Waals surface area contributed by atoms with Gasteiger partial charge in [-0.1, -0.05) is 6.92 Å². The van der Waals surface area contributed by atoms with Crippen LogP contribution in [0.3, 0.4) is 0 Å². The minimum absolute atomic E-state index is 0.244. The Morgan fingerprint density at radius 3 is 2.00 bits per heavy atom. The second-order valence-electron chi connectivity index (χ2n) is 3.31. The van der Waals surface area contributed by atoms with Crippen LogP contribution in [0.4, 0.5) is 0 Å². The van der Waals surface area contributed by atoms with Crippen molar-refractivity contribution in [2.45, 2.75) is 13.3 Å². The third kappa shape index (κ3) is 12.8. The summed E-state index contributed by atoms with van der Waals surface area (Å²) in [6.07, 6.45) is 1.00. The summed E-state index contributed by atoms with van der Waals surface area (Å²) >= 11 is 0. The van der Waals surface area contributed by atoms with Crippen molar-refractivity contribution in [2.24, 2.45) is 0 Å². The summed E-state index contributed by atoms with van der Waals surface area (Å²) in [6.45, 7) is 2.26. The summed E-state index contributed by atoms with van der Waals surface area (Å²) in [5.41, 5.74) is 0. The molecule has 0 spiro atoms. The molecule has 17 heavy (non-hydrogen) atoms. The van der Waals surface area contributed by atoms with Crippen LogP contribution in [0.2, 0.25) is 0 Å². The Kier molecular flexibility index (Phi) is 8.33. The molecule has 0 aromatic carbocycles. The molecular weight excluding hydrogens is 233 g/mol. The number of carboxylic acids is 2. The van der Waals surface area contributed by atoms with Crippen molar-refractivity contribution in [1.29, 1.82) is 0 Å². The largest absolute Gasteiger partial charge is 0.694 e. The lowest BCUT2D eigenvalue weighted by molar-refractivity contribution is -0.141. The third-order valence-electron chi connectivity index (χ3n) is 1.44. The lowest BCUT2D eigenvalue weighted by atomic mass is 10.3. The van der Waals surface area contributed by atoms with E-state index in [1.807, 2.05) is 6.92 Å². The van der Waals surface area contributed by atoms with Crippen molar-refractivity contribution in [3.05, 3.63) is 0 Å². The highest BCUT2D eigenvalue weighted by atomic mass is 17.4. The number of rotatable bonds is 7. The van der Waals surface area contributed by atoms with Crippen LogP contribution in [0.15, 0.2) is 0 Å². The van der Waals surface area contributed by atoms with Gasteiger partial charge >= 0.3 is 19.3 Å². The fourth-order valence-corrected chi connectivity index (χ4v) is 0.810. The molecule has 0 amide bonds. The van der Waals surface area contributed by atoms with E-state index in [0.29, 0.717) is 6.61 Å². The fraction of sp³-hybridized carbons (Fsp3) is 0.750. The molecule has 0 atom stereocenters. The van der Waals surface area contributed by atoms with Gasteiger partial charge in [0.1, 0.15) is 0 Å². The number of hydrogen-bond donors (Lipinski definition) is 2. The Bertz CT molecular complexity index is 230. The first kappa shape index (κ1) is 15.8. The molecule has 1 fully saturated rings. The van der Waals surface area contributed by atoms with E-state index in [4.69, 9.17) is 14.9 Å². The van der Waals surface area contributed by atoms with Gasteiger partial charge in [0.05, 0.1) is 13.1 Å². The van der Waals surface area contributed by atoms with Gasteiger partial charge < -0.3 is 14.9 Å². The van der Waals surface area contributed by atoms with Gasteiger partial charge in [-0.3, -0.25) is 14.5 Å². The molecule has 0 aliphatic carbocycles. The summed E-state index contributed by atoms with van der Waals surface area (Å²) in [5.74, 6) is -2.05. The molecule has 0 saturated carbocycles. The molecule has 0 aromatic heterocycles. The molecule has 8 nitrogen and oxygen atoms in total. The summed E-state index contributed by atoms with van der Waals surface area (Å²) in [6, 6.07) is 0. The lowest BCUT2D eigenvalue weighted by Gasteiger charge is -2.08. The molecule has 1 aliphatic rings. The normalized spacial score (nSPS) is 13.0. The van der Waals surface area contributed by atoms with Gasteiger partial charge in [-0.05, 0) is 13.5 Å². The molecule has 1 heterocycles. The average molecular weight is 249 g/mol. The molecule has 1 rings (SSSR count). The molecule has 9 heteroatoms. The summed E-state index contributed by atoms with van der Waals surface area (Å²) < 4.78 is 4.86. The van der Waals surface area contributed by atoms with Crippen molar-refractivity contribution >= 4 is 19.3 Å². The monoisotopic (exact) mass is 249 g/mol. The Labute approximate surface area is 99.2 Å². The van der Waals surface area contributed by atoms with Gasteiger partial charge in [0.2, 0.25) is 0 Å². The molecule has 0 radical (unpaired) electrons. The zero-order valence-corrected chi connectivity index (χ0v) is 9.79. The predicted molar refractivity (Wildman–Crippen MR) is 56.9 cm³/mol. The van der Waals surface area contributed by atoms with Crippen molar-refractivity contribution in [1.82, 2.24) is 4.90 Å². The van der Waals surface area contributed by atoms with Crippen LogP contribution in [0, 0.1) is 0 Å². The quantitative estimate of drug-likeness (QED) is 0.351. The van der Waals surface area contributed by atoms with Crippen LogP contribution in [0.25, 0.3) is 0 Å². The van der Waals surface area contributed by atoms with E-state index in [1.54, 1.807) is 0 Å². The van der Waals surface area contributed by atoms with Crippen molar-refractivity contribution in [3.8, 4) is 0 Å². The van der Waals surface area contributed by atoms with E-state index < -0.39 is 11.9 Å². The topological polar surface area (TPSA) is 112 Å². The first-order valence-corrected chi connectivity index (χ1v) is 5.01. The molecule has 2 N–H and O–H groups in total.